The van der Waals surface area contributed by atoms with Crippen LogP contribution in [0.5, 0.6) is 5.75 Å². The van der Waals surface area contributed by atoms with Gasteiger partial charge in [0, 0.05) is 29.2 Å². The third kappa shape index (κ3) is 5.99. The summed E-state index contributed by atoms with van der Waals surface area (Å²) in [4.78, 5) is 20.2. The average molecular weight is 454 g/mol. The van der Waals surface area contributed by atoms with Gasteiger partial charge in [0.25, 0.3) is 5.91 Å². The lowest BCUT2D eigenvalue weighted by molar-refractivity contribution is 0.0936. The molecule has 0 radical (unpaired) electrons. The van der Waals surface area contributed by atoms with Crippen molar-refractivity contribution in [2.24, 2.45) is 5.92 Å². The van der Waals surface area contributed by atoms with Crippen molar-refractivity contribution in [2.45, 2.75) is 31.9 Å². The third-order valence-corrected chi connectivity index (χ3v) is 5.46. The van der Waals surface area contributed by atoms with E-state index in [4.69, 9.17) is 16.3 Å². The molecule has 1 N–H and O–H groups in total. The summed E-state index contributed by atoms with van der Waals surface area (Å²) in [5.74, 6) is -0.609. The summed E-state index contributed by atoms with van der Waals surface area (Å²) in [6.07, 6.45) is 6.59. The molecule has 0 saturated heterocycles. The van der Waals surface area contributed by atoms with E-state index < -0.39 is 33.7 Å². The van der Waals surface area contributed by atoms with Gasteiger partial charge in [-0.3, -0.25) is 4.79 Å². The number of nitrogens with zero attached hydrogens (tertiary/aromatic N) is 2. The molecule has 1 fully saturated rings. The number of aromatic nitrogens is 2. The van der Waals surface area contributed by atoms with Gasteiger partial charge in [-0.1, -0.05) is 29.8 Å². The van der Waals surface area contributed by atoms with E-state index in [2.05, 4.69) is 15.3 Å². The molecule has 1 saturated carbocycles. The molecule has 0 aliphatic heterocycles. The molecule has 1 amide bonds. The number of carbonyl (C=O) groups excluding carboxylic acids is 1. The Morgan fingerprint density at radius 1 is 1.33 bits per heavy atom. The highest BCUT2D eigenvalue weighted by Gasteiger charge is 2.36. The van der Waals surface area contributed by atoms with E-state index in [1.807, 2.05) is 0 Å². The average Bonchev–Trinajstić information content (AvgIpc) is 3.52. The fourth-order valence-corrected chi connectivity index (χ4v) is 3.53. The third-order valence-electron chi connectivity index (χ3n) is 4.41. The van der Waals surface area contributed by atoms with Crippen LogP contribution in [0.25, 0.3) is 0 Å². The van der Waals surface area contributed by atoms with E-state index in [0.717, 1.165) is 24.5 Å². The summed E-state index contributed by atoms with van der Waals surface area (Å²) in [5, 5.41) is 3.63. The Balaban J connectivity index is 1.68. The van der Waals surface area contributed by atoms with E-state index in [1.165, 1.54) is 24.5 Å². The van der Waals surface area contributed by atoms with Crippen molar-refractivity contribution in [3.63, 3.8) is 0 Å². The standard InChI is InChI=1S/C20H21ClFN3O4S/c1-12(8-9-30(2,27)28)25-20(26)19-23-10-14(11-24-19)29-18(13-6-7-13)15-4-3-5-16(22)17(15)21/h3-5,8-13,18H,6-7H2,1-2H3,(H,25,26)/b9-8+/t12-,18?/m1/s1. The van der Waals surface area contributed by atoms with Crippen molar-refractivity contribution in [2.75, 3.05) is 6.26 Å². The van der Waals surface area contributed by atoms with Crippen molar-refractivity contribution in [1.82, 2.24) is 15.3 Å². The molecule has 1 aromatic heterocycles. The van der Waals surface area contributed by atoms with Gasteiger partial charge in [-0.15, -0.1) is 0 Å². The fourth-order valence-electron chi connectivity index (χ4n) is 2.77. The number of ether oxygens (including phenoxy) is 1. The molecule has 0 bridgehead atoms. The van der Waals surface area contributed by atoms with E-state index in [9.17, 15) is 17.6 Å². The second-order valence-electron chi connectivity index (χ2n) is 7.18. The summed E-state index contributed by atoms with van der Waals surface area (Å²) in [7, 11) is -3.28. The topological polar surface area (TPSA) is 98.2 Å². The van der Waals surface area contributed by atoms with E-state index in [-0.39, 0.29) is 16.8 Å². The first-order chi connectivity index (χ1) is 14.1. The van der Waals surface area contributed by atoms with Crippen LogP contribution >= 0.6 is 11.6 Å². The monoisotopic (exact) mass is 453 g/mol. The van der Waals surface area contributed by atoms with Crippen LogP contribution in [0.3, 0.4) is 0 Å². The Labute approximate surface area is 179 Å². The smallest absolute Gasteiger partial charge is 0.289 e. The number of hydrogen-bond acceptors (Lipinski definition) is 6. The molecule has 2 aromatic rings. The summed E-state index contributed by atoms with van der Waals surface area (Å²) in [6, 6.07) is 4.07. The van der Waals surface area contributed by atoms with Gasteiger partial charge < -0.3 is 10.1 Å². The number of benzene rings is 1. The maximum absolute atomic E-state index is 13.8. The number of sulfone groups is 1. The minimum absolute atomic E-state index is 0.0300. The molecule has 0 spiro atoms. The highest BCUT2D eigenvalue weighted by atomic mass is 35.5. The number of nitrogens with one attached hydrogen (secondary N) is 1. The Hall–Kier alpha value is -2.52. The minimum Gasteiger partial charge on any atom is -0.482 e. The lowest BCUT2D eigenvalue weighted by Gasteiger charge is -2.20. The number of amides is 1. The lowest BCUT2D eigenvalue weighted by Crippen LogP contribution is -2.32. The Bertz CT molecular complexity index is 1060. The van der Waals surface area contributed by atoms with Crippen molar-refractivity contribution in [3.05, 3.63) is 64.3 Å². The van der Waals surface area contributed by atoms with Gasteiger partial charge in [-0.05, 0) is 25.8 Å². The first kappa shape index (κ1) is 22.2. The fraction of sp³-hybridized carbons (Fsp3) is 0.350. The van der Waals surface area contributed by atoms with Gasteiger partial charge in [0.05, 0.1) is 17.4 Å². The van der Waals surface area contributed by atoms with Crippen molar-refractivity contribution < 1.29 is 22.3 Å². The van der Waals surface area contributed by atoms with Gasteiger partial charge in [0.2, 0.25) is 5.82 Å². The molecule has 1 heterocycles. The number of halogens is 2. The second-order valence-corrected chi connectivity index (χ2v) is 9.49. The second kappa shape index (κ2) is 9.09. The Kier molecular flexibility index (Phi) is 6.72. The lowest BCUT2D eigenvalue weighted by atomic mass is 10.0. The number of rotatable bonds is 8. The summed E-state index contributed by atoms with van der Waals surface area (Å²) in [6.45, 7) is 1.63. The van der Waals surface area contributed by atoms with Crippen LogP contribution in [-0.2, 0) is 9.84 Å². The zero-order valence-corrected chi connectivity index (χ0v) is 18.0. The molecule has 1 aliphatic rings. The maximum atomic E-state index is 13.8. The predicted molar refractivity (Wildman–Crippen MR) is 110 cm³/mol. The van der Waals surface area contributed by atoms with Crippen LogP contribution in [-0.4, -0.2) is 36.6 Å². The Morgan fingerprint density at radius 2 is 2.00 bits per heavy atom. The zero-order chi connectivity index (χ0) is 21.9. The van der Waals surface area contributed by atoms with E-state index >= 15 is 0 Å². The highest BCUT2D eigenvalue weighted by molar-refractivity contribution is 7.93. The quantitative estimate of drug-likeness (QED) is 0.657. The molecule has 1 aliphatic carbocycles. The van der Waals surface area contributed by atoms with Crippen LogP contribution in [0.2, 0.25) is 5.02 Å². The molecule has 1 unspecified atom stereocenters. The molecular formula is C20H21ClFN3O4S. The first-order valence-corrected chi connectivity index (χ1v) is 11.6. The van der Waals surface area contributed by atoms with Gasteiger partial charge in [0.15, 0.2) is 15.6 Å². The van der Waals surface area contributed by atoms with Crippen LogP contribution in [0.4, 0.5) is 4.39 Å². The normalized spacial score (nSPS) is 16.3. The SMILES string of the molecule is C[C@H](/C=C/S(C)(=O)=O)NC(=O)c1ncc(OC(c2cccc(F)c2Cl)C2CC2)cn1. The predicted octanol–water partition coefficient (Wildman–Crippen LogP) is 3.48. The number of hydrogen-bond donors (Lipinski definition) is 1. The molecular weight excluding hydrogens is 433 g/mol. The summed E-state index contributed by atoms with van der Waals surface area (Å²) >= 11 is 6.11. The van der Waals surface area contributed by atoms with Crippen LogP contribution < -0.4 is 10.1 Å². The molecule has 30 heavy (non-hydrogen) atoms. The molecule has 160 valence electrons. The van der Waals surface area contributed by atoms with Crippen LogP contribution in [0.15, 0.2) is 42.1 Å². The van der Waals surface area contributed by atoms with Crippen molar-refractivity contribution in [3.8, 4) is 5.75 Å². The molecule has 10 heteroatoms. The molecule has 3 rings (SSSR count). The minimum atomic E-state index is -3.28. The number of carbonyl (C=O) groups is 1. The molecule has 2 atom stereocenters. The highest BCUT2D eigenvalue weighted by Crippen LogP contribution is 2.45. The van der Waals surface area contributed by atoms with Gasteiger partial charge in [-0.2, -0.15) is 0 Å². The maximum Gasteiger partial charge on any atom is 0.289 e. The van der Waals surface area contributed by atoms with Gasteiger partial charge >= 0.3 is 0 Å². The van der Waals surface area contributed by atoms with E-state index in [0.29, 0.717) is 11.3 Å². The van der Waals surface area contributed by atoms with Gasteiger partial charge in [-0.25, -0.2) is 22.8 Å². The van der Waals surface area contributed by atoms with Crippen LogP contribution in [0.1, 0.15) is 42.1 Å². The molecule has 7 nitrogen and oxygen atoms in total. The van der Waals surface area contributed by atoms with Gasteiger partial charge in [0.1, 0.15) is 11.9 Å². The Morgan fingerprint density at radius 3 is 2.60 bits per heavy atom. The van der Waals surface area contributed by atoms with Crippen molar-refractivity contribution in [1.29, 1.82) is 0 Å². The molecule has 1 aromatic carbocycles. The van der Waals surface area contributed by atoms with Crippen LogP contribution in [0, 0.1) is 11.7 Å². The first-order valence-electron chi connectivity index (χ1n) is 9.26. The van der Waals surface area contributed by atoms with Crippen molar-refractivity contribution >= 4 is 27.3 Å². The summed E-state index contributed by atoms with van der Waals surface area (Å²) < 4.78 is 42.1. The summed E-state index contributed by atoms with van der Waals surface area (Å²) in [5.41, 5.74) is 0.562. The largest absolute Gasteiger partial charge is 0.482 e. The zero-order valence-electron chi connectivity index (χ0n) is 16.4. The van der Waals surface area contributed by atoms with E-state index in [1.54, 1.807) is 19.1 Å².